The summed E-state index contributed by atoms with van der Waals surface area (Å²) in [5, 5.41) is 22.5. The molecule has 0 aromatic heterocycles. The number of thioether (sulfide) groups is 1. The van der Waals surface area contributed by atoms with E-state index in [0.29, 0.717) is 11.3 Å². The quantitative estimate of drug-likeness (QED) is 0.684. The van der Waals surface area contributed by atoms with Crippen LogP contribution in [0, 0.1) is 11.3 Å². The van der Waals surface area contributed by atoms with Crippen molar-refractivity contribution in [2.75, 3.05) is 16.8 Å². The lowest BCUT2D eigenvalue weighted by atomic mass is 10.2. The first-order valence-electron chi connectivity index (χ1n) is 6.30. The van der Waals surface area contributed by atoms with Crippen molar-refractivity contribution in [3.8, 4) is 6.07 Å². The number of hydrogen-bond acceptors (Lipinski definition) is 5. The Labute approximate surface area is 131 Å². The standard InChI is InChI=1S/C14H15N3O4S/c1-9(18)16-12(14(20)21)7-22-8-13(19)17-11-4-2-10(6-15)3-5-11/h2-5,12H,7-8H2,1H3,(H,16,18)(H,17,19)(H,20,21)/t12-/m0/s1. The zero-order valence-corrected chi connectivity index (χ0v) is 12.6. The van der Waals surface area contributed by atoms with Crippen LogP contribution in [0.25, 0.3) is 0 Å². The van der Waals surface area contributed by atoms with E-state index >= 15 is 0 Å². The average Bonchev–Trinajstić information content (AvgIpc) is 2.46. The van der Waals surface area contributed by atoms with Crippen LogP contribution in [0.3, 0.4) is 0 Å². The van der Waals surface area contributed by atoms with Crippen molar-refractivity contribution >= 4 is 35.2 Å². The number of anilines is 1. The van der Waals surface area contributed by atoms with Gasteiger partial charge in [0.2, 0.25) is 11.8 Å². The summed E-state index contributed by atoms with van der Waals surface area (Å²) >= 11 is 1.11. The van der Waals surface area contributed by atoms with E-state index < -0.39 is 17.9 Å². The number of benzene rings is 1. The zero-order valence-electron chi connectivity index (χ0n) is 11.8. The molecular weight excluding hydrogens is 306 g/mol. The van der Waals surface area contributed by atoms with Gasteiger partial charge in [0.05, 0.1) is 17.4 Å². The molecule has 3 N–H and O–H groups in total. The van der Waals surface area contributed by atoms with Crippen LogP contribution in [-0.4, -0.2) is 40.4 Å². The van der Waals surface area contributed by atoms with Gasteiger partial charge < -0.3 is 15.7 Å². The summed E-state index contributed by atoms with van der Waals surface area (Å²) in [6.45, 7) is 1.23. The van der Waals surface area contributed by atoms with E-state index in [2.05, 4.69) is 10.6 Å². The molecule has 0 saturated heterocycles. The number of rotatable bonds is 7. The minimum absolute atomic E-state index is 0.0589. The first-order valence-corrected chi connectivity index (χ1v) is 7.45. The summed E-state index contributed by atoms with van der Waals surface area (Å²) in [6, 6.07) is 7.34. The Morgan fingerprint density at radius 2 is 1.95 bits per heavy atom. The van der Waals surface area contributed by atoms with Crippen LogP contribution in [0.4, 0.5) is 5.69 Å². The summed E-state index contributed by atoms with van der Waals surface area (Å²) in [5.41, 5.74) is 1.05. The molecule has 0 spiro atoms. The number of amides is 2. The highest BCUT2D eigenvalue weighted by Gasteiger charge is 2.18. The third kappa shape index (κ3) is 6.28. The fraction of sp³-hybridized carbons (Fsp3) is 0.286. The first-order chi connectivity index (χ1) is 10.4. The summed E-state index contributed by atoms with van der Waals surface area (Å²) in [6.07, 6.45) is 0. The second kappa shape index (κ2) is 8.69. The van der Waals surface area contributed by atoms with Gasteiger partial charge in [0.1, 0.15) is 6.04 Å². The number of carboxylic acid groups (broad SMARTS) is 1. The van der Waals surface area contributed by atoms with Gasteiger partial charge in [0.25, 0.3) is 0 Å². The van der Waals surface area contributed by atoms with Gasteiger partial charge in [0, 0.05) is 18.4 Å². The molecule has 0 aliphatic carbocycles. The molecule has 1 atom stereocenters. The smallest absolute Gasteiger partial charge is 0.327 e. The van der Waals surface area contributed by atoms with Crippen molar-refractivity contribution in [1.29, 1.82) is 5.26 Å². The van der Waals surface area contributed by atoms with E-state index in [9.17, 15) is 14.4 Å². The van der Waals surface area contributed by atoms with E-state index in [1.807, 2.05) is 6.07 Å². The van der Waals surface area contributed by atoms with Crippen LogP contribution in [0.1, 0.15) is 12.5 Å². The summed E-state index contributed by atoms with van der Waals surface area (Å²) in [4.78, 5) is 33.5. The molecule has 0 saturated carbocycles. The second-order valence-corrected chi connectivity index (χ2v) is 5.37. The monoisotopic (exact) mass is 321 g/mol. The molecule has 1 aromatic carbocycles. The number of nitriles is 1. The highest BCUT2D eigenvalue weighted by atomic mass is 32.2. The van der Waals surface area contributed by atoms with E-state index in [1.54, 1.807) is 24.3 Å². The molecule has 22 heavy (non-hydrogen) atoms. The van der Waals surface area contributed by atoms with Crippen LogP contribution >= 0.6 is 11.8 Å². The molecule has 0 fully saturated rings. The van der Waals surface area contributed by atoms with Gasteiger partial charge in [-0.05, 0) is 24.3 Å². The molecule has 1 aromatic rings. The lowest BCUT2D eigenvalue weighted by molar-refractivity contribution is -0.140. The number of carbonyl (C=O) groups excluding carboxylic acids is 2. The predicted molar refractivity (Wildman–Crippen MR) is 82.4 cm³/mol. The molecular formula is C14H15N3O4S. The SMILES string of the molecule is CC(=O)N[C@@H](CSCC(=O)Nc1ccc(C#N)cc1)C(=O)O. The lowest BCUT2D eigenvalue weighted by Gasteiger charge is -2.12. The van der Waals surface area contributed by atoms with Gasteiger partial charge in [-0.3, -0.25) is 9.59 Å². The third-order valence-electron chi connectivity index (χ3n) is 2.49. The van der Waals surface area contributed by atoms with Crippen molar-refractivity contribution in [2.45, 2.75) is 13.0 Å². The minimum Gasteiger partial charge on any atom is -0.480 e. The van der Waals surface area contributed by atoms with E-state index in [1.165, 1.54) is 6.92 Å². The molecule has 0 aliphatic rings. The zero-order chi connectivity index (χ0) is 16.5. The molecule has 0 heterocycles. The maximum absolute atomic E-state index is 11.7. The topological polar surface area (TPSA) is 119 Å². The molecule has 8 heteroatoms. The number of aliphatic carboxylic acids is 1. The second-order valence-electron chi connectivity index (χ2n) is 4.34. The molecule has 0 radical (unpaired) electrons. The van der Waals surface area contributed by atoms with Crippen LogP contribution in [-0.2, 0) is 14.4 Å². The number of nitrogens with one attached hydrogen (secondary N) is 2. The molecule has 2 amide bonds. The van der Waals surface area contributed by atoms with Gasteiger partial charge >= 0.3 is 5.97 Å². The Kier molecular flexibility index (Phi) is 6.92. The largest absolute Gasteiger partial charge is 0.480 e. The minimum atomic E-state index is -1.14. The Morgan fingerprint density at radius 3 is 2.45 bits per heavy atom. The van der Waals surface area contributed by atoms with Crippen molar-refractivity contribution in [3.05, 3.63) is 29.8 Å². The highest BCUT2D eigenvalue weighted by Crippen LogP contribution is 2.10. The van der Waals surface area contributed by atoms with E-state index in [4.69, 9.17) is 10.4 Å². The Bertz CT molecular complexity index is 595. The van der Waals surface area contributed by atoms with Gasteiger partial charge in [0.15, 0.2) is 0 Å². The lowest BCUT2D eigenvalue weighted by Crippen LogP contribution is -2.41. The molecule has 116 valence electrons. The summed E-state index contributed by atoms with van der Waals surface area (Å²) < 4.78 is 0. The summed E-state index contributed by atoms with van der Waals surface area (Å²) in [5.74, 6) is -1.72. The highest BCUT2D eigenvalue weighted by molar-refractivity contribution is 8.00. The molecule has 7 nitrogen and oxygen atoms in total. The molecule has 1 rings (SSSR count). The molecule has 0 unspecified atom stereocenters. The summed E-state index contributed by atoms with van der Waals surface area (Å²) in [7, 11) is 0. The van der Waals surface area contributed by atoms with Crippen molar-refractivity contribution in [3.63, 3.8) is 0 Å². The van der Waals surface area contributed by atoms with Gasteiger partial charge in [-0.1, -0.05) is 0 Å². The van der Waals surface area contributed by atoms with E-state index in [0.717, 1.165) is 11.8 Å². The van der Waals surface area contributed by atoms with Crippen LogP contribution in [0.15, 0.2) is 24.3 Å². The number of carbonyl (C=O) groups is 3. The van der Waals surface area contributed by atoms with Crippen molar-refractivity contribution < 1.29 is 19.5 Å². The third-order valence-corrected chi connectivity index (χ3v) is 3.53. The maximum atomic E-state index is 11.7. The molecule has 0 aliphatic heterocycles. The fourth-order valence-electron chi connectivity index (χ4n) is 1.51. The Morgan fingerprint density at radius 1 is 1.32 bits per heavy atom. The average molecular weight is 321 g/mol. The number of hydrogen-bond donors (Lipinski definition) is 3. The van der Waals surface area contributed by atoms with Crippen LogP contribution in [0.5, 0.6) is 0 Å². The Balaban J connectivity index is 2.40. The Hall–Kier alpha value is -2.53. The predicted octanol–water partition coefficient (Wildman–Crippen LogP) is 0.819. The van der Waals surface area contributed by atoms with Crippen molar-refractivity contribution in [2.24, 2.45) is 0 Å². The fourth-order valence-corrected chi connectivity index (χ4v) is 2.35. The van der Waals surface area contributed by atoms with Gasteiger partial charge in [-0.25, -0.2) is 4.79 Å². The van der Waals surface area contributed by atoms with Crippen LogP contribution in [0.2, 0.25) is 0 Å². The van der Waals surface area contributed by atoms with Gasteiger partial charge in [-0.2, -0.15) is 5.26 Å². The first kappa shape index (κ1) is 17.5. The van der Waals surface area contributed by atoms with Crippen molar-refractivity contribution in [1.82, 2.24) is 5.32 Å². The van der Waals surface area contributed by atoms with Gasteiger partial charge in [-0.15, -0.1) is 11.8 Å². The van der Waals surface area contributed by atoms with E-state index in [-0.39, 0.29) is 17.4 Å². The number of nitrogens with zero attached hydrogens (tertiary/aromatic N) is 1. The molecule has 0 bridgehead atoms. The normalized spacial score (nSPS) is 11.1. The maximum Gasteiger partial charge on any atom is 0.327 e. The number of carboxylic acids is 1. The van der Waals surface area contributed by atoms with Crippen LogP contribution < -0.4 is 10.6 Å².